The third-order valence-corrected chi connectivity index (χ3v) is 13.6. The molecule has 10 heteroatoms. The first-order valence-corrected chi connectivity index (χ1v) is 24.8. The number of ether oxygens (including phenoxy) is 4. The van der Waals surface area contributed by atoms with Crippen LogP contribution in [0.1, 0.15) is 54.9 Å². The average Bonchev–Trinajstić information content (AvgIpc) is 4.23. The van der Waals surface area contributed by atoms with Crippen LogP contribution in [-0.4, -0.2) is 112 Å². The third kappa shape index (κ3) is 11.5. The van der Waals surface area contributed by atoms with Gasteiger partial charge in [0, 0.05) is 50.7 Å². The van der Waals surface area contributed by atoms with Gasteiger partial charge in [-0.2, -0.15) is 0 Å². The highest BCUT2D eigenvalue weighted by Crippen LogP contribution is 2.39. The van der Waals surface area contributed by atoms with E-state index in [9.17, 15) is 0 Å². The van der Waals surface area contributed by atoms with Crippen LogP contribution in [0.2, 0.25) is 0 Å². The van der Waals surface area contributed by atoms with Gasteiger partial charge in [0.1, 0.15) is 23.0 Å². The molecule has 8 bridgehead atoms. The van der Waals surface area contributed by atoms with Crippen LogP contribution in [0.5, 0.6) is 23.0 Å². The molecule has 0 amide bonds. The average molecular weight is 949 g/mol. The van der Waals surface area contributed by atoms with Crippen molar-refractivity contribution >= 4 is 46.4 Å². The van der Waals surface area contributed by atoms with E-state index in [1.165, 1.54) is 38.8 Å². The van der Waals surface area contributed by atoms with E-state index in [2.05, 4.69) is 154 Å². The molecule has 3 aromatic heterocycles. The minimum absolute atomic E-state index is 0.664. The summed E-state index contributed by atoms with van der Waals surface area (Å²) >= 11 is 0. The highest BCUT2D eigenvalue weighted by molar-refractivity contribution is 6.00. The molecule has 4 aromatic carbocycles. The van der Waals surface area contributed by atoms with Gasteiger partial charge in [-0.05, 0) is 145 Å². The molecule has 0 saturated carbocycles. The molecule has 2 aliphatic heterocycles. The second-order valence-corrected chi connectivity index (χ2v) is 20.2. The summed E-state index contributed by atoms with van der Waals surface area (Å²) < 4.78 is 25.2. The monoisotopic (exact) mass is 949 g/mol. The number of hydrogen-bond donors (Lipinski definition) is 2. The molecular weight excluding hydrogens is 881 g/mol. The first-order valence-electron chi connectivity index (χ1n) is 24.8. The number of fused-ring (bicyclic) bond motifs is 8. The van der Waals surface area contributed by atoms with E-state index in [1.807, 2.05) is 36.4 Å². The quantitative estimate of drug-likeness (QED) is 0.0619. The normalized spacial score (nSPS) is 12.3. The fourth-order valence-corrected chi connectivity index (χ4v) is 9.69. The molecule has 0 aliphatic carbocycles. The Kier molecular flexibility index (Phi) is 14.6. The molecule has 0 atom stereocenters. The van der Waals surface area contributed by atoms with Gasteiger partial charge in [0.05, 0.1) is 106 Å². The van der Waals surface area contributed by atoms with Crippen molar-refractivity contribution in [2.75, 3.05) is 82.8 Å². The van der Waals surface area contributed by atoms with E-state index >= 15 is 0 Å². The molecular formula is C61H68N6O4+2. The molecule has 5 heterocycles. The maximum absolute atomic E-state index is 6.39. The lowest BCUT2D eigenvalue weighted by atomic mass is 10.0. The fraction of sp³-hybridized carbons (Fsp3) is 0.279. The smallest absolute Gasteiger partial charge is 0.119 e. The number of methoxy groups -OCH3 is 3. The van der Waals surface area contributed by atoms with Gasteiger partial charge in [-0.3, -0.25) is 0 Å². The minimum atomic E-state index is 0.664. The fourth-order valence-electron chi connectivity index (χ4n) is 9.69. The van der Waals surface area contributed by atoms with Crippen molar-refractivity contribution in [3.63, 3.8) is 0 Å². The Bertz CT molecular complexity index is 3050. The Balaban J connectivity index is 1.14. The molecule has 7 aromatic rings. The molecule has 2 N–H and O–H groups in total. The molecule has 0 spiro atoms. The number of rotatable bonds is 19. The highest BCUT2D eigenvalue weighted by Gasteiger charge is 2.21. The number of nitrogens with zero attached hydrogens (tertiary/aromatic N) is 4. The maximum atomic E-state index is 6.39. The zero-order valence-electron chi connectivity index (χ0n) is 42.6. The van der Waals surface area contributed by atoms with Gasteiger partial charge in [-0.1, -0.05) is 48.5 Å². The molecule has 71 heavy (non-hydrogen) atoms. The highest BCUT2D eigenvalue weighted by atomic mass is 16.5. The summed E-state index contributed by atoms with van der Waals surface area (Å²) in [6, 6.07) is 41.5. The van der Waals surface area contributed by atoms with E-state index in [1.54, 1.807) is 21.3 Å². The summed E-state index contributed by atoms with van der Waals surface area (Å²) in [7, 11) is 16.6. The summed E-state index contributed by atoms with van der Waals surface area (Å²) in [5.74, 6) is 3.20. The van der Waals surface area contributed by atoms with Crippen LogP contribution in [0.15, 0.2) is 121 Å². The zero-order valence-corrected chi connectivity index (χ0v) is 42.6. The number of unbranched alkanes of at least 4 members (excludes halogenated alkanes) is 3. The lowest BCUT2D eigenvalue weighted by molar-refractivity contribution is -0.890. The molecule has 0 radical (unpaired) electrons. The molecule has 0 fully saturated rings. The minimum Gasteiger partial charge on any atom is -0.497 e. The van der Waals surface area contributed by atoms with Crippen LogP contribution < -0.4 is 18.9 Å². The van der Waals surface area contributed by atoms with Crippen LogP contribution in [0.4, 0.5) is 0 Å². The van der Waals surface area contributed by atoms with Crippen LogP contribution in [0.3, 0.4) is 0 Å². The summed E-state index contributed by atoms with van der Waals surface area (Å²) in [5.41, 5.74) is 14.9. The van der Waals surface area contributed by atoms with Gasteiger partial charge in [-0.15, -0.1) is 0 Å². The topological polar surface area (TPSA) is 94.3 Å². The first kappa shape index (κ1) is 48.6. The Morgan fingerprint density at radius 1 is 0.366 bits per heavy atom. The van der Waals surface area contributed by atoms with Crippen molar-refractivity contribution < 1.29 is 27.9 Å². The van der Waals surface area contributed by atoms with Crippen molar-refractivity contribution in [3.8, 4) is 67.5 Å². The second kappa shape index (κ2) is 21.3. The second-order valence-electron chi connectivity index (χ2n) is 20.2. The van der Waals surface area contributed by atoms with Crippen LogP contribution in [0, 0.1) is 0 Å². The number of quaternary nitrogens is 2. The van der Waals surface area contributed by atoms with Gasteiger partial charge in [0.25, 0.3) is 0 Å². The molecule has 364 valence electrons. The Morgan fingerprint density at radius 3 is 1.11 bits per heavy atom. The molecule has 10 nitrogen and oxygen atoms in total. The van der Waals surface area contributed by atoms with Gasteiger partial charge in [-0.25, -0.2) is 9.97 Å². The molecule has 0 unspecified atom stereocenters. The molecule has 0 saturated heterocycles. The Morgan fingerprint density at radius 2 is 0.704 bits per heavy atom. The first-order chi connectivity index (χ1) is 34.4. The van der Waals surface area contributed by atoms with E-state index in [0.717, 1.165) is 134 Å². The largest absolute Gasteiger partial charge is 0.497 e. The summed E-state index contributed by atoms with van der Waals surface area (Å²) in [6.45, 7) is 4.16. The van der Waals surface area contributed by atoms with Crippen molar-refractivity contribution in [2.45, 2.75) is 32.1 Å². The van der Waals surface area contributed by atoms with Gasteiger partial charge in [0.2, 0.25) is 0 Å². The third-order valence-electron chi connectivity index (χ3n) is 13.6. The standard InChI is InChI=1S/C61H68N6O4/c1-66(2,3)38-11-9-10-12-39-67(4,5)40-13-41-71-49-28-20-45(21-29-49)61-56-36-34-54(64-56)59(43-16-24-47(69-7)25-17-43)52-32-30-50(62-52)58(42-14-22-46(68-6)23-15-42)51-31-33-53(63-51)60(55-35-37-57(61)65-55)44-18-26-48(70-8)27-19-44/h14-37,62-63H,9-13,38-41H2,1-8H3/q+2. The lowest BCUT2D eigenvalue weighted by Gasteiger charge is -2.30. The predicted molar refractivity (Wildman–Crippen MR) is 294 cm³/mol. The predicted octanol–water partition coefficient (Wildman–Crippen LogP) is 13.5. The number of aromatic amines is 2. The van der Waals surface area contributed by atoms with E-state index in [0.29, 0.717) is 6.61 Å². The molecule has 2 aliphatic rings. The Hall–Kier alpha value is -7.40. The Labute approximate surface area is 419 Å². The summed E-state index contributed by atoms with van der Waals surface area (Å²) in [4.78, 5) is 18.6. The van der Waals surface area contributed by atoms with Crippen molar-refractivity contribution in [3.05, 3.63) is 144 Å². The van der Waals surface area contributed by atoms with E-state index < -0.39 is 0 Å². The summed E-state index contributed by atoms with van der Waals surface area (Å²) in [5, 5.41) is 0. The van der Waals surface area contributed by atoms with E-state index in [4.69, 9.17) is 28.9 Å². The van der Waals surface area contributed by atoms with Crippen molar-refractivity contribution in [1.29, 1.82) is 0 Å². The van der Waals surface area contributed by atoms with E-state index in [-0.39, 0.29) is 0 Å². The van der Waals surface area contributed by atoms with Gasteiger partial charge >= 0.3 is 0 Å². The zero-order chi connectivity index (χ0) is 49.5. The van der Waals surface area contributed by atoms with Crippen molar-refractivity contribution in [2.24, 2.45) is 0 Å². The number of aromatic nitrogens is 4. The van der Waals surface area contributed by atoms with Gasteiger partial charge in [0.15, 0.2) is 0 Å². The lowest BCUT2D eigenvalue weighted by Crippen LogP contribution is -2.41. The number of benzene rings is 4. The molecule has 9 rings (SSSR count). The van der Waals surface area contributed by atoms with Crippen molar-refractivity contribution in [1.82, 2.24) is 19.9 Å². The SMILES string of the molecule is COc1ccc(-c2c3nc(c(-c4ccc(OCCC[N+](C)(C)CCCCCC[N+](C)(C)C)cc4)c4nc(c(-c5ccc(OC)cc5)c5ccc([nH]5)c(-c5ccc(OC)cc5)c5ccc2[nH]5)C=C4)C=C3)cc1. The van der Waals surface area contributed by atoms with Crippen LogP contribution >= 0.6 is 0 Å². The van der Waals surface area contributed by atoms with Crippen LogP contribution in [-0.2, 0) is 0 Å². The number of H-pyrrole nitrogens is 2. The van der Waals surface area contributed by atoms with Crippen LogP contribution in [0.25, 0.3) is 90.9 Å². The number of hydrogen-bond acceptors (Lipinski definition) is 6. The maximum Gasteiger partial charge on any atom is 0.119 e. The van der Waals surface area contributed by atoms with Gasteiger partial charge < -0.3 is 37.9 Å². The summed E-state index contributed by atoms with van der Waals surface area (Å²) in [6.07, 6.45) is 14.6. The number of nitrogens with one attached hydrogen (secondary N) is 2.